The first-order chi connectivity index (χ1) is 39.6. The largest absolute Gasteiger partial charge is 0.394 e. The number of amides is 2. The number of nitrogens with one attached hydrogen (secondary N) is 2. The number of hydrogen-bond acceptors (Lipinski definition) is 34. The van der Waals surface area contributed by atoms with E-state index in [-0.39, 0.29) is 0 Å². The minimum atomic E-state index is -1.90. The third-order valence-electron chi connectivity index (χ3n) is 15.4. The van der Waals surface area contributed by atoms with Crippen molar-refractivity contribution in [1.29, 1.82) is 0 Å². The Hall–Kier alpha value is -2.34. The standard InChI is InChI=1S/C27H47NO19.C21H37NO15/c1-7-13(32)16(35)19(38)25(41-7)45-21-11(6-30)44-24(40-4)12(28-9(3)31)22(21)46-27-23(18(37)15(34)10(5-29)43-27)47-26-20(39)17(36)14(33)8(2)42-26;1-6-11(26)14(29)16(31)20(33-6)37-18-15(30)12(27)8(4-23)35-21(18)36-17-10(22-7(2)25)19(32-3)34-9(5-24)13(17)28/h7-8,10-27,29-30,32-39H,5-6H2,1-4H3,(H,28,31);6,8-21,23-24,26-31H,4-5H2,1-3H3,(H,22,25). The molecule has 0 aromatic heterocycles. The van der Waals surface area contributed by atoms with Gasteiger partial charge in [0, 0.05) is 28.1 Å². The molecule has 0 radical (unpaired) electrons. The predicted molar refractivity (Wildman–Crippen MR) is 264 cm³/mol. The van der Waals surface area contributed by atoms with E-state index in [1.807, 2.05) is 0 Å². The number of aliphatic hydroxyl groups excluding tert-OH is 18. The van der Waals surface area contributed by atoms with Crippen LogP contribution in [0.3, 0.4) is 0 Å². The average Bonchev–Trinajstić information content (AvgIpc) is 3.63. The SMILES string of the molecule is COC1OC(CO)C(O)C(OC2OC(CO)C(O)C(O)C2OC2OC(C)C(O)C(O)C2O)C1NC(C)=O.COC1OC(CO)C(OC2OC(C)C(O)C(O)C2O)C(OC2OC(CO)C(O)C(O)C2OC2OC(C)C(O)C(O)C2O)C1NC(C)=O. The minimum absolute atomic E-state index is 0.541. The van der Waals surface area contributed by atoms with Crippen molar-refractivity contribution in [2.75, 3.05) is 40.6 Å². The molecule has 490 valence electrons. The van der Waals surface area contributed by atoms with Gasteiger partial charge in [0.2, 0.25) is 11.8 Å². The zero-order chi connectivity index (χ0) is 62.5. The quantitative estimate of drug-likeness (QED) is 0.0606. The van der Waals surface area contributed by atoms with E-state index in [1.165, 1.54) is 48.8 Å². The van der Waals surface area contributed by atoms with Gasteiger partial charge >= 0.3 is 0 Å². The summed E-state index contributed by atoms with van der Waals surface area (Å²) in [4.78, 5) is 24.2. The molecule has 7 fully saturated rings. The molecule has 0 bridgehead atoms. The summed E-state index contributed by atoms with van der Waals surface area (Å²) in [5.41, 5.74) is 0. The maximum Gasteiger partial charge on any atom is 0.217 e. The van der Waals surface area contributed by atoms with E-state index in [4.69, 9.17) is 66.3 Å². The first-order valence-electron chi connectivity index (χ1n) is 27.0. The highest BCUT2D eigenvalue weighted by molar-refractivity contribution is 5.73. The Morgan fingerprint density at radius 3 is 0.940 bits per heavy atom. The summed E-state index contributed by atoms with van der Waals surface area (Å²) in [7, 11) is 2.49. The molecule has 20 N–H and O–H groups in total. The number of methoxy groups -OCH3 is 2. The Bertz CT molecular complexity index is 2030. The molecule has 7 rings (SSSR count). The molecule has 7 aliphatic rings. The van der Waals surface area contributed by atoms with Gasteiger partial charge in [-0.05, 0) is 20.8 Å². The Morgan fingerprint density at radius 1 is 0.321 bits per heavy atom. The lowest BCUT2D eigenvalue weighted by molar-refractivity contribution is -0.391. The van der Waals surface area contributed by atoms with Crippen molar-refractivity contribution in [3.63, 3.8) is 0 Å². The van der Waals surface area contributed by atoms with Crippen molar-refractivity contribution >= 4 is 11.8 Å². The van der Waals surface area contributed by atoms with Crippen LogP contribution in [0, 0.1) is 0 Å². The highest BCUT2D eigenvalue weighted by atomic mass is 16.8. The Labute approximate surface area is 479 Å². The van der Waals surface area contributed by atoms with Crippen LogP contribution in [0.25, 0.3) is 0 Å². The first kappa shape index (κ1) is 70.7. The first-order valence-corrected chi connectivity index (χ1v) is 27.0. The van der Waals surface area contributed by atoms with Crippen LogP contribution in [0.1, 0.15) is 34.6 Å². The monoisotopic (exact) mass is 1230 g/mol. The van der Waals surface area contributed by atoms with Gasteiger partial charge in [0.25, 0.3) is 0 Å². The molecular weight excluding hydrogens is 1150 g/mol. The second-order valence-electron chi connectivity index (χ2n) is 21.3. The molecule has 35 atom stereocenters. The van der Waals surface area contributed by atoms with Crippen molar-refractivity contribution < 1.29 is 168 Å². The van der Waals surface area contributed by atoms with Crippen LogP contribution in [-0.4, -0.2) is 359 Å². The molecule has 2 amide bonds. The van der Waals surface area contributed by atoms with Gasteiger partial charge in [-0.15, -0.1) is 0 Å². The molecule has 0 aromatic rings. The smallest absolute Gasteiger partial charge is 0.217 e. The predicted octanol–water partition coefficient (Wildman–Crippen LogP) is -12.6. The van der Waals surface area contributed by atoms with E-state index < -0.39 is 253 Å². The fourth-order valence-corrected chi connectivity index (χ4v) is 10.6. The minimum Gasteiger partial charge on any atom is -0.394 e. The lowest BCUT2D eigenvalue weighted by Gasteiger charge is -2.51. The van der Waals surface area contributed by atoms with Crippen LogP contribution < -0.4 is 10.6 Å². The summed E-state index contributed by atoms with van der Waals surface area (Å²) < 4.78 is 79.4. The zero-order valence-electron chi connectivity index (χ0n) is 46.6. The number of ether oxygens (including phenoxy) is 14. The number of rotatable bonds is 18. The third kappa shape index (κ3) is 15.6. The molecule has 0 saturated carbocycles. The number of hydrogen-bond donors (Lipinski definition) is 20. The Morgan fingerprint density at radius 2 is 0.607 bits per heavy atom. The molecule has 0 aliphatic carbocycles. The Kier molecular flexibility index (Phi) is 26.0. The molecule has 0 aromatic carbocycles. The summed E-state index contributed by atoms with van der Waals surface area (Å²) in [6.07, 6.45) is -50.9. The van der Waals surface area contributed by atoms with Gasteiger partial charge in [-0.1, -0.05) is 0 Å². The van der Waals surface area contributed by atoms with Crippen molar-refractivity contribution in [3.8, 4) is 0 Å². The van der Waals surface area contributed by atoms with Crippen LogP contribution in [0.15, 0.2) is 0 Å². The molecule has 35 unspecified atom stereocenters. The maximum atomic E-state index is 12.3. The number of carbonyl (C=O) groups is 2. The van der Waals surface area contributed by atoms with Gasteiger partial charge in [-0.25, -0.2) is 0 Å². The van der Waals surface area contributed by atoms with E-state index in [0.29, 0.717) is 0 Å². The van der Waals surface area contributed by atoms with E-state index in [1.54, 1.807) is 0 Å². The summed E-state index contributed by atoms with van der Waals surface area (Å²) in [5, 5.41) is 191. The molecule has 7 heterocycles. The summed E-state index contributed by atoms with van der Waals surface area (Å²) in [6.45, 7) is 3.58. The summed E-state index contributed by atoms with van der Waals surface area (Å²) in [6, 6.07) is -2.46. The molecule has 36 nitrogen and oxygen atoms in total. The van der Waals surface area contributed by atoms with Crippen molar-refractivity contribution in [2.24, 2.45) is 0 Å². The van der Waals surface area contributed by atoms with Crippen molar-refractivity contribution in [2.45, 2.75) is 249 Å². The molecule has 36 heteroatoms. The van der Waals surface area contributed by atoms with E-state index in [2.05, 4.69) is 10.6 Å². The van der Waals surface area contributed by atoms with Crippen LogP contribution in [0.4, 0.5) is 0 Å². The highest BCUT2D eigenvalue weighted by Gasteiger charge is 2.58. The van der Waals surface area contributed by atoms with Crippen molar-refractivity contribution in [1.82, 2.24) is 10.6 Å². The molecule has 0 spiro atoms. The lowest BCUT2D eigenvalue weighted by Crippen LogP contribution is -2.70. The average molecular weight is 1230 g/mol. The van der Waals surface area contributed by atoms with Gasteiger partial charge in [0.1, 0.15) is 152 Å². The molecular formula is C48H84N2O34. The number of carbonyl (C=O) groups excluding carboxylic acids is 2. The lowest BCUT2D eigenvalue weighted by atomic mass is 9.94. The van der Waals surface area contributed by atoms with Gasteiger partial charge in [0.15, 0.2) is 44.0 Å². The van der Waals surface area contributed by atoms with Crippen LogP contribution in [-0.2, 0) is 75.9 Å². The molecule has 7 aliphatic heterocycles. The highest BCUT2D eigenvalue weighted by Crippen LogP contribution is 2.37. The zero-order valence-corrected chi connectivity index (χ0v) is 46.6. The maximum absolute atomic E-state index is 12.3. The summed E-state index contributed by atoms with van der Waals surface area (Å²) in [5.74, 6) is -1.15. The third-order valence-corrected chi connectivity index (χ3v) is 15.4. The molecule has 7 saturated heterocycles. The van der Waals surface area contributed by atoms with Gasteiger partial charge in [-0.3, -0.25) is 9.59 Å². The van der Waals surface area contributed by atoms with Crippen LogP contribution in [0.5, 0.6) is 0 Å². The molecule has 84 heavy (non-hydrogen) atoms. The van der Waals surface area contributed by atoms with E-state index in [9.17, 15) is 102 Å². The Balaban J connectivity index is 0.000000277. The van der Waals surface area contributed by atoms with Crippen LogP contribution in [0.2, 0.25) is 0 Å². The van der Waals surface area contributed by atoms with Crippen LogP contribution >= 0.6 is 0 Å². The number of aliphatic hydroxyl groups is 18. The van der Waals surface area contributed by atoms with E-state index >= 15 is 0 Å². The fourth-order valence-electron chi connectivity index (χ4n) is 10.6. The van der Waals surface area contributed by atoms with E-state index in [0.717, 1.165) is 0 Å². The van der Waals surface area contributed by atoms with Crippen molar-refractivity contribution in [3.05, 3.63) is 0 Å². The topological polar surface area (TPSA) is 552 Å². The normalized spacial score (nSPS) is 50.1. The second kappa shape index (κ2) is 30.9. The summed E-state index contributed by atoms with van der Waals surface area (Å²) >= 11 is 0. The second-order valence-corrected chi connectivity index (χ2v) is 21.3. The fraction of sp³-hybridized carbons (Fsp3) is 0.958. The van der Waals surface area contributed by atoms with Gasteiger partial charge < -0.3 is 169 Å². The van der Waals surface area contributed by atoms with Gasteiger partial charge in [-0.2, -0.15) is 0 Å². The van der Waals surface area contributed by atoms with Gasteiger partial charge in [0.05, 0.1) is 44.7 Å².